The second-order valence-electron chi connectivity index (χ2n) is 6.45. The Labute approximate surface area is 118 Å². The number of rotatable bonds is 5. The first-order chi connectivity index (χ1) is 8.74. The van der Waals surface area contributed by atoms with Crippen molar-refractivity contribution in [1.29, 1.82) is 0 Å². The van der Waals surface area contributed by atoms with Crippen LogP contribution >= 0.6 is 0 Å². The number of nitrogens with one attached hydrogen (secondary N) is 1. The molecule has 2 fully saturated rings. The maximum absolute atomic E-state index is 6.49. The molecule has 2 rings (SSSR count). The van der Waals surface area contributed by atoms with E-state index >= 15 is 0 Å². The van der Waals surface area contributed by atoms with Gasteiger partial charge >= 0.3 is 14.5 Å². The molecular formula is C15H30AlNO. The number of piperidine rings is 1. The molecule has 2 aliphatic rings. The fraction of sp³-hybridized carbons (Fsp3) is 1.00. The van der Waals surface area contributed by atoms with Crippen molar-refractivity contribution in [3.63, 3.8) is 0 Å². The Kier molecular flexibility index (Phi) is 6.02. The molecule has 1 saturated heterocycles. The van der Waals surface area contributed by atoms with Crippen LogP contribution in [0.15, 0.2) is 0 Å². The van der Waals surface area contributed by atoms with Crippen molar-refractivity contribution in [3.8, 4) is 0 Å². The molecule has 3 heteroatoms. The molecule has 104 valence electrons. The molecule has 0 spiro atoms. The maximum Gasteiger partial charge on any atom is 0.461 e. The average Bonchev–Trinajstić information content (AvgIpc) is 2.91. The fourth-order valence-electron chi connectivity index (χ4n) is 3.80. The van der Waals surface area contributed by atoms with Crippen LogP contribution in [0.5, 0.6) is 0 Å². The molecule has 0 amide bonds. The van der Waals surface area contributed by atoms with Crippen LogP contribution in [0.3, 0.4) is 0 Å². The lowest BCUT2D eigenvalue weighted by molar-refractivity contribution is 0.0213. The van der Waals surface area contributed by atoms with Gasteiger partial charge in [0.25, 0.3) is 0 Å². The minimum Gasteiger partial charge on any atom is -0.487 e. The highest BCUT2D eigenvalue weighted by molar-refractivity contribution is 6.51. The molecule has 0 bridgehead atoms. The molecular weight excluding hydrogens is 237 g/mol. The van der Waals surface area contributed by atoms with Gasteiger partial charge in [-0.3, -0.25) is 5.32 Å². The van der Waals surface area contributed by atoms with E-state index in [1.807, 2.05) is 0 Å². The van der Waals surface area contributed by atoms with Gasteiger partial charge in [-0.25, -0.2) is 0 Å². The van der Waals surface area contributed by atoms with Crippen molar-refractivity contribution >= 4 is 14.5 Å². The summed E-state index contributed by atoms with van der Waals surface area (Å²) in [6.45, 7) is 8.15. The molecule has 1 saturated carbocycles. The quantitative estimate of drug-likeness (QED) is 0.765. The van der Waals surface area contributed by atoms with Crippen LogP contribution in [0, 0.1) is 17.8 Å². The summed E-state index contributed by atoms with van der Waals surface area (Å²) in [5.74, 6) is 2.57. The average molecular weight is 267 g/mol. The second kappa shape index (κ2) is 7.29. The summed E-state index contributed by atoms with van der Waals surface area (Å²) in [6, 6.07) is 0. The van der Waals surface area contributed by atoms with E-state index in [1.165, 1.54) is 42.7 Å². The molecule has 1 heterocycles. The SMILES string of the molecule is C[CH2][Al]([CH2]C)[O]C1NCC(C)CC1C1CCCC1. The summed E-state index contributed by atoms with van der Waals surface area (Å²) in [5.41, 5.74) is 0. The summed E-state index contributed by atoms with van der Waals surface area (Å²) >= 11 is -0.930. The molecule has 0 aromatic rings. The normalized spacial score (nSPS) is 33.8. The van der Waals surface area contributed by atoms with Gasteiger partial charge in [-0.15, -0.1) is 0 Å². The van der Waals surface area contributed by atoms with Crippen molar-refractivity contribution < 1.29 is 3.79 Å². The Balaban J connectivity index is 1.96. The largest absolute Gasteiger partial charge is 0.487 e. The second-order valence-corrected chi connectivity index (χ2v) is 9.60. The lowest BCUT2D eigenvalue weighted by atomic mass is 9.80. The summed E-state index contributed by atoms with van der Waals surface area (Å²) in [5, 5.41) is 6.27. The predicted octanol–water partition coefficient (Wildman–Crippen LogP) is 3.80. The molecule has 1 aliphatic carbocycles. The molecule has 2 nitrogen and oxygen atoms in total. The lowest BCUT2D eigenvalue weighted by Gasteiger charge is -2.41. The van der Waals surface area contributed by atoms with Crippen molar-refractivity contribution in [1.82, 2.24) is 5.32 Å². The van der Waals surface area contributed by atoms with E-state index < -0.39 is 14.5 Å². The maximum atomic E-state index is 6.49. The van der Waals surface area contributed by atoms with Gasteiger partial charge in [0.15, 0.2) is 0 Å². The Morgan fingerprint density at radius 3 is 2.44 bits per heavy atom. The minimum atomic E-state index is -0.930. The number of hydrogen-bond acceptors (Lipinski definition) is 2. The first kappa shape index (κ1) is 14.9. The van der Waals surface area contributed by atoms with Gasteiger partial charge in [0.2, 0.25) is 0 Å². The van der Waals surface area contributed by atoms with Gasteiger partial charge in [0.05, 0.1) is 6.23 Å². The van der Waals surface area contributed by atoms with Crippen molar-refractivity contribution in [3.05, 3.63) is 0 Å². The highest BCUT2D eigenvalue weighted by Crippen LogP contribution is 2.38. The van der Waals surface area contributed by atoms with Crippen LogP contribution in [0.25, 0.3) is 0 Å². The van der Waals surface area contributed by atoms with Gasteiger partial charge in [-0.05, 0) is 30.7 Å². The Bertz CT molecular complexity index is 239. The third-order valence-electron chi connectivity index (χ3n) is 4.99. The van der Waals surface area contributed by atoms with E-state index in [0.717, 1.165) is 24.3 Å². The monoisotopic (exact) mass is 267 g/mol. The minimum absolute atomic E-state index is 0.390. The van der Waals surface area contributed by atoms with Crippen LogP contribution in [-0.4, -0.2) is 27.3 Å². The van der Waals surface area contributed by atoms with E-state index in [1.54, 1.807) is 0 Å². The van der Waals surface area contributed by atoms with Crippen LogP contribution < -0.4 is 5.32 Å². The van der Waals surface area contributed by atoms with Gasteiger partial charge in [0, 0.05) is 0 Å². The first-order valence-electron chi connectivity index (χ1n) is 8.13. The van der Waals surface area contributed by atoms with Crippen molar-refractivity contribution in [2.45, 2.75) is 69.7 Å². The van der Waals surface area contributed by atoms with Gasteiger partial charge in [0.1, 0.15) is 0 Å². The molecule has 0 aromatic carbocycles. The third kappa shape index (κ3) is 3.73. The Hall–Kier alpha value is 0.452. The van der Waals surface area contributed by atoms with Crippen molar-refractivity contribution in [2.75, 3.05) is 6.54 Å². The van der Waals surface area contributed by atoms with Crippen LogP contribution in [-0.2, 0) is 3.79 Å². The van der Waals surface area contributed by atoms with Gasteiger partial charge in [-0.2, -0.15) is 0 Å². The molecule has 3 atom stereocenters. The molecule has 1 aliphatic heterocycles. The molecule has 3 unspecified atom stereocenters. The standard InChI is InChI=1S/C11H20NO.2C2H5.Al/c1-8-6-10(11(13)12-7-8)9-4-2-3-5-9;2*1-2;/h8-12H,2-7H2,1H3;2*1H2,2H3;/q-1;;;+1. The zero-order valence-electron chi connectivity index (χ0n) is 12.5. The Morgan fingerprint density at radius 2 is 1.83 bits per heavy atom. The lowest BCUT2D eigenvalue weighted by Crippen LogP contribution is -2.50. The topological polar surface area (TPSA) is 21.3 Å². The number of hydrogen-bond donors (Lipinski definition) is 1. The van der Waals surface area contributed by atoms with Crippen LogP contribution in [0.1, 0.15) is 52.9 Å². The molecule has 1 N–H and O–H groups in total. The van der Waals surface area contributed by atoms with Gasteiger partial charge < -0.3 is 3.79 Å². The van der Waals surface area contributed by atoms with Gasteiger partial charge in [-0.1, -0.05) is 57.0 Å². The summed E-state index contributed by atoms with van der Waals surface area (Å²) < 4.78 is 6.49. The highest BCUT2D eigenvalue weighted by Gasteiger charge is 2.37. The smallest absolute Gasteiger partial charge is 0.461 e. The van der Waals surface area contributed by atoms with E-state index in [4.69, 9.17) is 3.79 Å². The Morgan fingerprint density at radius 1 is 1.17 bits per heavy atom. The first-order valence-corrected chi connectivity index (χ1v) is 10.2. The van der Waals surface area contributed by atoms with E-state index in [-0.39, 0.29) is 0 Å². The van der Waals surface area contributed by atoms with Crippen LogP contribution in [0.2, 0.25) is 10.6 Å². The van der Waals surface area contributed by atoms with E-state index in [0.29, 0.717) is 6.23 Å². The highest BCUT2D eigenvalue weighted by atomic mass is 27.2. The molecule has 0 radical (unpaired) electrons. The zero-order chi connectivity index (χ0) is 13.0. The van der Waals surface area contributed by atoms with E-state index in [2.05, 4.69) is 26.1 Å². The third-order valence-corrected chi connectivity index (χ3v) is 7.49. The van der Waals surface area contributed by atoms with Crippen molar-refractivity contribution in [2.24, 2.45) is 17.8 Å². The molecule has 0 aromatic heterocycles. The fourth-order valence-corrected chi connectivity index (χ4v) is 5.48. The molecule has 18 heavy (non-hydrogen) atoms. The predicted molar refractivity (Wildman–Crippen MR) is 78.8 cm³/mol. The zero-order valence-corrected chi connectivity index (χ0v) is 13.6. The summed E-state index contributed by atoms with van der Waals surface area (Å²) in [4.78, 5) is 0. The van der Waals surface area contributed by atoms with Crippen LogP contribution in [0.4, 0.5) is 0 Å². The summed E-state index contributed by atoms with van der Waals surface area (Å²) in [6.07, 6.45) is 7.57. The summed E-state index contributed by atoms with van der Waals surface area (Å²) in [7, 11) is 0. The van der Waals surface area contributed by atoms with E-state index in [9.17, 15) is 0 Å².